The number of rotatable bonds is 3. The lowest BCUT2D eigenvalue weighted by Crippen LogP contribution is -2.27. The first-order valence-electron chi connectivity index (χ1n) is 6.14. The molecule has 0 spiro atoms. The third kappa shape index (κ3) is 1.74. The minimum absolute atomic E-state index is 0.00162. The monoisotopic (exact) mass is 244 g/mol. The van der Waals surface area contributed by atoms with Gasteiger partial charge < -0.3 is 14.6 Å². The second kappa shape index (κ2) is 4.05. The van der Waals surface area contributed by atoms with E-state index in [4.69, 9.17) is 4.74 Å². The van der Waals surface area contributed by atoms with Gasteiger partial charge in [-0.2, -0.15) is 0 Å². The summed E-state index contributed by atoms with van der Waals surface area (Å²) in [5, 5.41) is 3.98. The van der Waals surface area contributed by atoms with Gasteiger partial charge in [-0.15, -0.1) is 0 Å². The first-order chi connectivity index (χ1) is 8.70. The van der Waals surface area contributed by atoms with Crippen LogP contribution in [0.15, 0.2) is 24.3 Å². The molecule has 0 unspecified atom stereocenters. The Kier molecular flexibility index (Phi) is 2.51. The Morgan fingerprint density at radius 3 is 2.89 bits per heavy atom. The molecule has 1 fully saturated rings. The largest absolute Gasteiger partial charge is 0.496 e. The van der Waals surface area contributed by atoms with Gasteiger partial charge in [-0.1, -0.05) is 6.07 Å². The summed E-state index contributed by atoms with van der Waals surface area (Å²) in [6.07, 6.45) is 2.19. The number of hydrogen-bond acceptors (Lipinski definition) is 2. The zero-order chi connectivity index (χ0) is 12.7. The number of fused-ring (bicyclic) bond motifs is 1. The van der Waals surface area contributed by atoms with Crippen molar-refractivity contribution >= 4 is 16.8 Å². The van der Waals surface area contributed by atoms with Crippen molar-refractivity contribution in [2.45, 2.75) is 18.9 Å². The highest BCUT2D eigenvalue weighted by atomic mass is 16.5. The van der Waals surface area contributed by atoms with E-state index >= 15 is 0 Å². The third-order valence-electron chi connectivity index (χ3n) is 3.41. The molecule has 1 aliphatic carbocycles. The second-order valence-corrected chi connectivity index (χ2v) is 4.73. The molecule has 2 aromatic rings. The van der Waals surface area contributed by atoms with Crippen molar-refractivity contribution < 1.29 is 9.53 Å². The van der Waals surface area contributed by atoms with Crippen LogP contribution in [0.2, 0.25) is 0 Å². The Morgan fingerprint density at radius 1 is 1.44 bits per heavy atom. The fraction of sp³-hybridized carbons (Fsp3) is 0.357. The Morgan fingerprint density at radius 2 is 2.22 bits per heavy atom. The minimum Gasteiger partial charge on any atom is -0.496 e. The molecule has 1 saturated carbocycles. The van der Waals surface area contributed by atoms with Crippen LogP contribution in [0.3, 0.4) is 0 Å². The van der Waals surface area contributed by atoms with Gasteiger partial charge in [0, 0.05) is 18.5 Å². The topological polar surface area (TPSA) is 43.3 Å². The molecule has 0 bridgehead atoms. The third-order valence-corrected chi connectivity index (χ3v) is 3.41. The fourth-order valence-electron chi connectivity index (χ4n) is 2.22. The highest BCUT2D eigenvalue weighted by molar-refractivity contribution is 6.00. The van der Waals surface area contributed by atoms with Gasteiger partial charge in [-0.25, -0.2) is 0 Å². The number of nitrogens with zero attached hydrogens (tertiary/aromatic N) is 1. The van der Waals surface area contributed by atoms with Crippen LogP contribution in [0.25, 0.3) is 10.9 Å². The molecule has 1 aromatic carbocycles. The number of aromatic nitrogens is 1. The van der Waals surface area contributed by atoms with Crippen LogP contribution in [0.5, 0.6) is 5.75 Å². The van der Waals surface area contributed by atoms with Gasteiger partial charge in [0.05, 0.1) is 12.6 Å². The van der Waals surface area contributed by atoms with E-state index in [-0.39, 0.29) is 5.91 Å². The van der Waals surface area contributed by atoms with Gasteiger partial charge in [0.1, 0.15) is 11.4 Å². The van der Waals surface area contributed by atoms with E-state index in [1.54, 1.807) is 7.11 Å². The molecule has 0 aliphatic heterocycles. The predicted octanol–water partition coefficient (Wildman–Crippen LogP) is 2.08. The lowest BCUT2D eigenvalue weighted by molar-refractivity contribution is 0.0943. The highest BCUT2D eigenvalue weighted by Crippen LogP contribution is 2.28. The number of amides is 1. The summed E-state index contributed by atoms with van der Waals surface area (Å²) in [7, 11) is 3.55. The molecule has 0 atom stereocenters. The normalized spacial score (nSPS) is 14.8. The summed E-state index contributed by atoms with van der Waals surface area (Å²) >= 11 is 0. The van der Waals surface area contributed by atoms with Crippen LogP contribution in [0.1, 0.15) is 23.3 Å². The average molecular weight is 244 g/mol. The van der Waals surface area contributed by atoms with E-state index in [2.05, 4.69) is 5.32 Å². The zero-order valence-corrected chi connectivity index (χ0v) is 10.6. The molecule has 18 heavy (non-hydrogen) atoms. The van der Waals surface area contributed by atoms with Crippen molar-refractivity contribution in [3.63, 3.8) is 0 Å². The van der Waals surface area contributed by atoms with E-state index in [1.807, 2.05) is 35.9 Å². The average Bonchev–Trinajstić information content (AvgIpc) is 3.12. The number of nitrogens with one attached hydrogen (secondary N) is 1. The quantitative estimate of drug-likeness (QED) is 0.898. The first-order valence-corrected chi connectivity index (χ1v) is 6.14. The zero-order valence-electron chi connectivity index (χ0n) is 10.6. The minimum atomic E-state index is -0.00162. The van der Waals surface area contributed by atoms with Crippen molar-refractivity contribution in [3.8, 4) is 5.75 Å². The summed E-state index contributed by atoms with van der Waals surface area (Å²) in [5.41, 5.74) is 1.69. The standard InChI is InChI=1S/C14H16N2O2/c1-16-11-4-3-5-13(18-2)10(11)8-12(16)14(17)15-9-6-7-9/h3-5,8-9H,6-7H2,1-2H3,(H,15,17). The lowest BCUT2D eigenvalue weighted by atomic mass is 10.2. The predicted molar refractivity (Wildman–Crippen MR) is 70.0 cm³/mol. The highest BCUT2D eigenvalue weighted by Gasteiger charge is 2.25. The van der Waals surface area contributed by atoms with Crippen molar-refractivity contribution in [3.05, 3.63) is 30.0 Å². The molecule has 1 heterocycles. The second-order valence-electron chi connectivity index (χ2n) is 4.73. The van der Waals surface area contributed by atoms with Gasteiger partial charge >= 0.3 is 0 Å². The molecule has 94 valence electrons. The van der Waals surface area contributed by atoms with E-state index in [1.165, 1.54) is 0 Å². The Hall–Kier alpha value is -1.97. The maximum atomic E-state index is 12.1. The SMILES string of the molecule is COc1cccc2c1cc(C(=O)NC1CC1)n2C. The maximum absolute atomic E-state index is 12.1. The van der Waals surface area contributed by atoms with Crippen LogP contribution in [-0.2, 0) is 7.05 Å². The number of benzene rings is 1. The van der Waals surface area contributed by atoms with Crippen LogP contribution in [0.4, 0.5) is 0 Å². The summed E-state index contributed by atoms with van der Waals surface area (Å²) in [6.45, 7) is 0. The van der Waals surface area contributed by atoms with Crippen molar-refractivity contribution in [2.75, 3.05) is 7.11 Å². The molecule has 1 amide bonds. The Bertz CT molecular complexity index is 612. The summed E-state index contributed by atoms with van der Waals surface area (Å²) in [4.78, 5) is 12.1. The lowest BCUT2D eigenvalue weighted by Gasteiger charge is -2.05. The maximum Gasteiger partial charge on any atom is 0.268 e. The molecule has 0 saturated heterocycles. The van der Waals surface area contributed by atoms with Crippen LogP contribution >= 0.6 is 0 Å². The number of ether oxygens (including phenoxy) is 1. The van der Waals surface area contributed by atoms with Crippen LogP contribution in [0, 0.1) is 0 Å². The number of methoxy groups -OCH3 is 1. The number of carbonyl (C=O) groups excluding carboxylic acids is 1. The Labute approximate surface area is 106 Å². The molecule has 3 rings (SSSR count). The molecular weight excluding hydrogens is 228 g/mol. The van der Waals surface area contributed by atoms with Crippen LogP contribution < -0.4 is 10.1 Å². The number of hydrogen-bond donors (Lipinski definition) is 1. The molecule has 4 nitrogen and oxygen atoms in total. The molecule has 4 heteroatoms. The summed E-state index contributed by atoms with van der Waals surface area (Å²) in [6, 6.07) is 8.10. The summed E-state index contributed by atoms with van der Waals surface area (Å²) in [5.74, 6) is 0.798. The number of aryl methyl sites for hydroxylation is 1. The van der Waals surface area contributed by atoms with E-state index in [0.29, 0.717) is 11.7 Å². The van der Waals surface area contributed by atoms with Crippen molar-refractivity contribution in [1.82, 2.24) is 9.88 Å². The van der Waals surface area contributed by atoms with E-state index in [9.17, 15) is 4.79 Å². The van der Waals surface area contributed by atoms with Crippen molar-refractivity contribution in [2.24, 2.45) is 7.05 Å². The molecule has 0 radical (unpaired) electrons. The van der Waals surface area contributed by atoms with Gasteiger partial charge in [-0.3, -0.25) is 4.79 Å². The van der Waals surface area contributed by atoms with E-state index in [0.717, 1.165) is 29.5 Å². The molecule has 1 aliphatic rings. The fourth-order valence-corrected chi connectivity index (χ4v) is 2.22. The van der Waals surface area contributed by atoms with Crippen molar-refractivity contribution in [1.29, 1.82) is 0 Å². The number of carbonyl (C=O) groups is 1. The summed E-state index contributed by atoms with van der Waals surface area (Å²) < 4.78 is 7.24. The van der Waals surface area contributed by atoms with Gasteiger partial charge in [0.25, 0.3) is 5.91 Å². The Balaban J connectivity index is 2.06. The molecule has 1 N–H and O–H groups in total. The first kappa shape index (κ1) is 11.1. The van der Waals surface area contributed by atoms with E-state index < -0.39 is 0 Å². The van der Waals surface area contributed by atoms with Gasteiger partial charge in [0.15, 0.2) is 0 Å². The van der Waals surface area contributed by atoms with Gasteiger partial charge in [-0.05, 0) is 31.0 Å². The smallest absolute Gasteiger partial charge is 0.268 e. The van der Waals surface area contributed by atoms with Gasteiger partial charge in [0.2, 0.25) is 0 Å². The van der Waals surface area contributed by atoms with Crippen LogP contribution in [-0.4, -0.2) is 23.6 Å². The molecule has 1 aromatic heterocycles. The molecular formula is C14H16N2O2.